The summed E-state index contributed by atoms with van der Waals surface area (Å²) in [4.78, 5) is 16.6. The monoisotopic (exact) mass is 373 g/mol. The normalized spacial score (nSPS) is 12.2. The smallest absolute Gasteiger partial charge is 0.317 e. The predicted molar refractivity (Wildman–Crippen MR) is 94.5 cm³/mol. The predicted octanol–water partition coefficient (Wildman–Crippen LogP) is 4.34. The molecule has 1 aromatic heterocycles. The number of carbonyl (C=O) groups is 1. The number of thiazole rings is 1. The number of nitrogens with zero attached hydrogens (tertiary/aromatic N) is 1. The summed E-state index contributed by atoms with van der Waals surface area (Å²) in [7, 11) is 0. The number of esters is 1. The Bertz CT molecular complexity index is 940. The first kappa shape index (κ1) is 15.9. The van der Waals surface area contributed by atoms with Crippen molar-refractivity contribution in [2.45, 2.75) is 6.42 Å². The van der Waals surface area contributed by atoms with Crippen molar-refractivity contribution >= 4 is 28.9 Å². The van der Waals surface area contributed by atoms with Gasteiger partial charge < -0.3 is 14.2 Å². The van der Waals surface area contributed by atoms with Gasteiger partial charge in [0.1, 0.15) is 10.8 Å². The quantitative estimate of drug-likeness (QED) is 0.503. The maximum atomic E-state index is 12.1. The van der Waals surface area contributed by atoms with E-state index < -0.39 is 5.97 Å². The maximum absolute atomic E-state index is 12.1. The summed E-state index contributed by atoms with van der Waals surface area (Å²) in [5.74, 6) is 1.23. The third kappa shape index (κ3) is 3.45. The van der Waals surface area contributed by atoms with Crippen LogP contribution in [0.5, 0.6) is 17.2 Å². The Morgan fingerprint density at radius 1 is 1.20 bits per heavy atom. The van der Waals surface area contributed by atoms with Gasteiger partial charge in [-0.3, -0.25) is 4.79 Å². The van der Waals surface area contributed by atoms with Crippen molar-refractivity contribution in [1.29, 1.82) is 0 Å². The fourth-order valence-electron chi connectivity index (χ4n) is 2.40. The van der Waals surface area contributed by atoms with Crippen molar-refractivity contribution in [2.75, 3.05) is 6.79 Å². The van der Waals surface area contributed by atoms with Gasteiger partial charge in [0.05, 0.1) is 17.1 Å². The first-order valence-corrected chi connectivity index (χ1v) is 8.74. The van der Waals surface area contributed by atoms with Gasteiger partial charge in [0, 0.05) is 17.0 Å². The molecule has 0 unspecified atom stereocenters. The Labute approximate surface area is 152 Å². The molecule has 0 spiro atoms. The van der Waals surface area contributed by atoms with Crippen LogP contribution in [0.15, 0.2) is 47.8 Å². The molecule has 0 aliphatic carbocycles. The Hall–Kier alpha value is -2.57. The second-order valence-electron chi connectivity index (χ2n) is 5.29. The summed E-state index contributed by atoms with van der Waals surface area (Å²) < 4.78 is 15.8. The van der Waals surface area contributed by atoms with Gasteiger partial charge in [0.2, 0.25) is 6.79 Å². The minimum Gasteiger partial charge on any atom is -0.454 e. The Morgan fingerprint density at radius 3 is 2.92 bits per heavy atom. The van der Waals surface area contributed by atoms with Crippen LogP contribution in [0, 0.1) is 0 Å². The summed E-state index contributed by atoms with van der Waals surface area (Å²) >= 11 is 7.62. The van der Waals surface area contributed by atoms with Crippen molar-refractivity contribution < 1.29 is 19.0 Å². The number of benzene rings is 2. The highest BCUT2D eigenvalue weighted by Crippen LogP contribution is 2.35. The molecule has 126 valence electrons. The molecule has 0 saturated heterocycles. The van der Waals surface area contributed by atoms with Gasteiger partial charge in [-0.2, -0.15) is 0 Å². The van der Waals surface area contributed by atoms with Gasteiger partial charge in [-0.25, -0.2) is 4.98 Å². The summed E-state index contributed by atoms with van der Waals surface area (Å²) in [6.07, 6.45) is 0.0788. The molecule has 0 bridgehead atoms. The van der Waals surface area contributed by atoms with E-state index in [-0.39, 0.29) is 13.2 Å². The highest BCUT2D eigenvalue weighted by atomic mass is 35.5. The van der Waals surface area contributed by atoms with Crippen LogP contribution in [0.4, 0.5) is 0 Å². The highest BCUT2D eigenvalue weighted by molar-refractivity contribution is 7.13. The average Bonchev–Trinajstić information content (AvgIpc) is 3.24. The zero-order valence-electron chi connectivity index (χ0n) is 12.9. The summed E-state index contributed by atoms with van der Waals surface area (Å²) in [6, 6.07) is 12.5. The van der Waals surface area contributed by atoms with Crippen molar-refractivity contribution in [3.05, 3.63) is 58.6 Å². The lowest BCUT2D eigenvalue weighted by Gasteiger charge is -2.04. The number of rotatable bonds is 4. The van der Waals surface area contributed by atoms with Gasteiger partial charge >= 0.3 is 5.97 Å². The van der Waals surface area contributed by atoms with Gasteiger partial charge in [0.15, 0.2) is 11.5 Å². The standard InChI is InChI=1S/C18H12ClNO4S/c19-14-4-2-1-3-13(14)18-20-11(9-25-18)7-17(21)24-12-5-6-15-16(8-12)23-10-22-15/h1-6,8-9H,7,10H2. The van der Waals surface area contributed by atoms with Crippen molar-refractivity contribution in [3.8, 4) is 27.8 Å². The zero-order chi connectivity index (χ0) is 17.2. The number of halogens is 1. The lowest BCUT2D eigenvalue weighted by atomic mass is 10.2. The van der Waals surface area contributed by atoms with Crippen LogP contribution in [-0.4, -0.2) is 17.7 Å². The van der Waals surface area contributed by atoms with Gasteiger partial charge in [-0.15, -0.1) is 11.3 Å². The first-order valence-electron chi connectivity index (χ1n) is 7.49. The summed E-state index contributed by atoms with van der Waals surface area (Å²) in [5, 5.41) is 3.24. The molecule has 0 N–H and O–H groups in total. The molecule has 0 atom stereocenters. The third-order valence-electron chi connectivity index (χ3n) is 3.56. The molecule has 3 aromatic rings. The number of hydrogen-bond acceptors (Lipinski definition) is 6. The molecular formula is C18H12ClNO4S. The number of aromatic nitrogens is 1. The van der Waals surface area contributed by atoms with E-state index in [9.17, 15) is 4.79 Å². The molecule has 2 heterocycles. The third-order valence-corrected chi connectivity index (χ3v) is 4.81. The van der Waals surface area contributed by atoms with Gasteiger partial charge in [-0.1, -0.05) is 29.8 Å². The Kier molecular flexibility index (Phi) is 4.29. The average molecular weight is 374 g/mol. The maximum Gasteiger partial charge on any atom is 0.317 e. The molecule has 0 radical (unpaired) electrons. The van der Waals surface area contributed by atoms with E-state index >= 15 is 0 Å². The van der Waals surface area contributed by atoms with Gasteiger partial charge in [-0.05, 0) is 18.2 Å². The number of fused-ring (bicyclic) bond motifs is 1. The number of ether oxygens (including phenoxy) is 3. The Balaban J connectivity index is 1.44. The molecule has 0 fully saturated rings. The summed E-state index contributed by atoms with van der Waals surface area (Å²) in [5.41, 5.74) is 1.50. The highest BCUT2D eigenvalue weighted by Gasteiger charge is 2.16. The SMILES string of the molecule is O=C(Cc1csc(-c2ccccc2Cl)n1)Oc1ccc2c(c1)OCO2. The van der Waals surface area contributed by atoms with Crippen LogP contribution < -0.4 is 14.2 Å². The fraction of sp³-hybridized carbons (Fsp3) is 0.111. The van der Waals surface area contributed by atoms with E-state index in [1.807, 2.05) is 29.6 Å². The van der Waals surface area contributed by atoms with Crippen LogP contribution in [0.1, 0.15) is 5.69 Å². The van der Waals surface area contributed by atoms with E-state index in [0.29, 0.717) is 28.0 Å². The van der Waals surface area contributed by atoms with Crippen LogP contribution in [0.2, 0.25) is 5.02 Å². The molecule has 0 saturated carbocycles. The first-order chi connectivity index (χ1) is 12.2. The summed E-state index contributed by atoms with van der Waals surface area (Å²) in [6.45, 7) is 0.177. The van der Waals surface area contributed by atoms with Crippen molar-refractivity contribution in [3.63, 3.8) is 0 Å². The molecule has 0 amide bonds. The van der Waals surface area contributed by atoms with E-state index in [0.717, 1.165) is 10.6 Å². The topological polar surface area (TPSA) is 57.7 Å². The lowest BCUT2D eigenvalue weighted by molar-refractivity contribution is -0.133. The molecule has 7 heteroatoms. The largest absolute Gasteiger partial charge is 0.454 e. The van der Waals surface area contributed by atoms with E-state index in [1.165, 1.54) is 11.3 Å². The van der Waals surface area contributed by atoms with Crippen LogP contribution in [0.25, 0.3) is 10.6 Å². The van der Waals surface area contributed by atoms with Crippen LogP contribution >= 0.6 is 22.9 Å². The van der Waals surface area contributed by atoms with Gasteiger partial charge in [0.25, 0.3) is 0 Å². The molecule has 2 aromatic carbocycles. The van der Waals surface area contributed by atoms with Crippen LogP contribution in [0.3, 0.4) is 0 Å². The second kappa shape index (κ2) is 6.74. The molecule has 1 aliphatic rings. The molecule has 1 aliphatic heterocycles. The molecule has 25 heavy (non-hydrogen) atoms. The zero-order valence-corrected chi connectivity index (χ0v) is 14.5. The Morgan fingerprint density at radius 2 is 2.04 bits per heavy atom. The number of hydrogen-bond donors (Lipinski definition) is 0. The fourth-order valence-corrected chi connectivity index (χ4v) is 3.54. The molecule has 5 nitrogen and oxygen atoms in total. The van der Waals surface area contributed by atoms with Crippen molar-refractivity contribution in [1.82, 2.24) is 4.98 Å². The van der Waals surface area contributed by atoms with E-state index in [2.05, 4.69) is 4.98 Å². The second-order valence-corrected chi connectivity index (χ2v) is 6.56. The minimum atomic E-state index is -0.394. The number of carbonyl (C=O) groups excluding carboxylic acids is 1. The lowest BCUT2D eigenvalue weighted by Crippen LogP contribution is -2.11. The minimum absolute atomic E-state index is 0.0788. The van der Waals surface area contributed by atoms with Crippen molar-refractivity contribution in [2.24, 2.45) is 0 Å². The van der Waals surface area contributed by atoms with E-state index in [4.69, 9.17) is 25.8 Å². The molecular weight excluding hydrogens is 362 g/mol. The van der Waals surface area contributed by atoms with Crippen LogP contribution in [-0.2, 0) is 11.2 Å². The molecule has 4 rings (SSSR count). The van der Waals surface area contributed by atoms with E-state index in [1.54, 1.807) is 18.2 Å².